The molecule has 0 bridgehead atoms. The molecule has 1 aromatic heterocycles. The first-order valence-electron chi connectivity index (χ1n) is 6.95. The molecule has 0 aromatic carbocycles. The van der Waals surface area contributed by atoms with Crippen molar-refractivity contribution in [3.8, 4) is 0 Å². The van der Waals surface area contributed by atoms with E-state index in [0.29, 0.717) is 43.4 Å². The van der Waals surface area contributed by atoms with Crippen LogP contribution in [0.25, 0.3) is 0 Å². The predicted molar refractivity (Wildman–Crippen MR) is 83.4 cm³/mol. The molecular formula is C13H21N5O3S. The van der Waals surface area contributed by atoms with E-state index in [1.807, 2.05) is 14.1 Å². The zero-order valence-electron chi connectivity index (χ0n) is 13.3. The highest BCUT2D eigenvalue weighted by Gasteiger charge is 2.27. The number of hydrogen-bond donors (Lipinski definition) is 0. The van der Waals surface area contributed by atoms with E-state index >= 15 is 0 Å². The van der Waals surface area contributed by atoms with Crippen LogP contribution in [0.2, 0.25) is 0 Å². The van der Waals surface area contributed by atoms with E-state index in [9.17, 15) is 13.2 Å². The van der Waals surface area contributed by atoms with Crippen molar-refractivity contribution in [3.63, 3.8) is 0 Å². The zero-order valence-corrected chi connectivity index (χ0v) is 14.1. The monoisotopic (exact) mass is 327 g/mol. The lowest BCUT2D eigenvalue weighted by Crippen LogP contribution is -2.50. The Morgan fingerprint density at radius 1 is 1.23 bits per heavy atom. The van der Waals surface area contributed by atoms with Crippen LogP contribution >= 0.6 is 0 Å². The zero-order chi connectivity index (χ0) is 16.5. The largest absolute Gasteiger partial charge is 0.347 e. The Bertz CT molecular complexity index is 666. The van der Waals surface area contributed by atoms with Gasteiger partial charge in [0.25, 0.3) is 5.91 Å². The quantitative estimate of drug-likeness (QED) is 0.749. The van der Waals surface area contributed by atoms with E-state index in [1.54, 1.807) is 16.7 Å². The first-order valence-corrected chi connectivity index (χ1v) is 8.80. The van der Waals surface area contributed by atoms with Gasteiger partial charge in [-0.2, -0.15) is 4.31 Å². The molecule has 0 spiro atoms. The van der Waals surface area contributed by atoms with Gasteiger partial charge in [-0.05, 0) is 6.92 Å². The fraction of sp³-hybridized carbons (Fsp3) is 0.615. The van der Waals surface area contributed by atoms with Crippen LogP contribution in [0.4, 0.5) is 5.95 Å². The van der Waals surface area contributed by atoms with Gasteiger partial charge < -0.3 is 9.80 Å². The normalized spacial score (nSPS) is 16.6. The molecule has 0 N–H and O–H groups in total. The van der Waals surface area contributed by atoms with Gasteiger partial charge in [0.1, 0.15) is 0 Å². The standard InChI is InChI=1S/C13H21N5O3S/c1-10-11(9-14-13(15-10)16(2)3)12(19)17-5-7-18(8-6-17)22(4,20)21/h9H,5-8H2,1-4H3. The molecule has 2 heterocycles. The number of rotatable bonds is 3. The lowest BCUT2D eigenvalue weighted by molar-refractivity contribution is 0.0696. The van der Waals surface area contributed by atoms with Crippen LogP contribution in [0.5, 0.6) is 0 Å². The van der Waals surface area contributed by atoms with Crippen molar-refractivity contribution in [3.05, 3.63) is 17.5 Å². The van der Waals surface area contributed by atoms with E-state index in [-0.39, 0.29) is 5.91 Å². The van der Waals surface area contributed by atoms with Crippen LogP contribution in [0.15, 0.2) is 6.20 Å². The molecule has 0 atom stereocenters. The maximum Gasteiger partial charge on any atom is 0.257 e. The molecule has 0 radical (unpaired) electrons. The highest BCUT2D eigenvalue weighted by Crippen LogP contribution is 2.14. The molecule has 1 saturated heterocycles. The Balaban J connectivity index is 2.10. The van der Waals surface area contributed by atoms with Gasteiger partial charge in [-0.25, -0.2) is 18.4 Å². The van der Waals surface area contributed by atoms with Gasteiger partial charge in [0, 0.05) is 46.5 Å². The second-order valence-electron chi connectivity index (χ2n) is 5.52. The second-order valence-corrected chi connectivity index (χ2v) is 7.50. The fourth-order valence-corrected chi connectivity index (χ4v) is 3.10. The first-order chi connectivity index (χ1) is 10.2. The number of nitrogens with zero attached hydrogens (tertiary/aromatic N) is 5. The van der Waals surface area contributed by atoms with Crippen molar-refractivity contribution < 1.29 is 13.2 Å². The predicted octanol–water partition coefficient (Wildman–Crippen LogP) is -0.432. The summed E-state index contributed by atoms with van der Waals surface area (Å²) in [5.41, 5.74) is 1.08. The van der Waals surface area contributed by atoms with E-state index in [2.05, 4.69) is 9.97 Å². The number of sulfonamides is 1. The Morgan fingerprint density at radius 2 is 1.82 bits per heavy atom. The van der Waals surface area contributed by atoms with Crippen molar-refractivity contribution in [2.75, 3.05) is 51.4 Å². The minimum Gasteiger partial charge on any atom is -0.347 e. The van der Waals surface area contributed by atoms with E-state index in [0.717, 1.165) is 0 Å². The van der Waals surface area contributed by atoms with Crippen molar-refractivity contribution in [1.29, 1.82) is 0 Å². The summed E-state index contributed by atoms with van der Waals surface area (Å²) < 4.78 is 24.4. The summed E-state index contributed by atoms with van der Waals surface area (Å²) in [6.07, 6.45) is 2.71. The molecule has 1 amide bonds. The third kappa shape index (κ3) is 3.53. The molecule has 1 aromatic rings. The molecule has 1 aliphatic rings. The summed E-state index contributed by atoms with van der Waals surface area (Å²) in [4.78, 5) is 24.4. The van der Waals surface area contributed by atoms with Gasteiger partial charge in [0.15, 0.2) is 0 Å². The van der Waals surface area contributed by atoms with Gasteiger partial charge in [-0.1, -0.05) is 0 Å². The van der Waals surface area contributed by atoms with Gasteiger partial charge in [-0.3, -0.25) is 4.79 Å². The topological polar surface area (TPSA) is 86.7 Å². The fourth-order valence-electron chi connectivity index (χ4n) is 2.27. The Labute approximate surface area is 130 Å². The van der Waals surface area contributed by atoms with Crippen LogP contribution < -0.4 is 4.90 Å². The summed E-state index contributed by atoms with van der Waals surface area (Å²) in [5.74, 6) is 0.395. The number of aryl methyl sites for hydroxylation is 1. The highest BCUT2D eigenvalue weighted by atomic mass is 32.2. The molecule has 0 aliphatic carbocycles. The summed E-state index contributed by atoms with van der Waals surface area (Å²) in [6, 6.07) is 0. The number of carbonyl (C=O) groups excluding carboxylic acids is 1. The molecule has 0 saturated carbocycles. The van der Waals surface area contributed by atoms with Gasteiger partial charge in [0.05, 0.1) is 17.5 Å². The molecule has 1 fully saturated rings. The molecule has 2 rings (SSSR count). The van der Waals surface area contributed by atoms with Crippen molar-refractivity contribution in [2.24, 2.45) is 0 Å². The van der Waals surface area contributed by atoms with Crippen molar-refractivity contribution in [1.82, 2.24) is 19.2 Å². The first kappa shape index (κ1) is 16.6. The Morgan fingerprint density at radius 3 is 2.27 bits per heavy atom. The van der Waals surface area contributed by atoms with Crippen LogP contribution in [0.1, 0.15) is 16.1 Å². The van der Waals surface area contributed by atoms with Gasteiger partial charge >= 0.3 is 0 Å². The number of carbonyl (C=O) groups is 1. The smallest absolute Gasteiger partial charge is 0.257 e. The molecule has 0 unspecified atom stereocenters. The van der Waals surface area contributed by atoms with Crippen molar-refractivity contribution in [2.45, 2.75) is 6.92 Å². The minimum atomic E-state index is -3.20. The lowest BCUT2D eigenvalue weighted by atomic mass is 10.2. The molecular weight excluding hydrogens is 306 g/mol. The number of amides is 1. The molecule has 9 heteroatoms. The second kappa shape index (κ2) is 6.17. The number of anilines is 1. The maximum atomic E-state index is 12.5. The summed E-state index contributed by atoms with van der Waals surface area (Å²) in [6.45, 7) is 3.16. The van der Waals surface area contributed by atoms with Gasteiger partial charge in [0.2, 0.25) is 16.0 Å². The highest BCUT2D eigenvalue weighted by molar-refractivity contribution is 7.88. The Kier molecular flexibility index (Phi) is 4.66. The van der Waals surface area contributed by atoms with E-state index < -0.39 is 10.0 Å². The Hall–Kier alpha value is -1.74. The molecule has 8 nitrogen and oxygen atoms in total. The maximum absolute atomic E-state index is 12.5. The number of aromatic nitrogens is 2. The lowest BCUT2D eigenvalue weighted by Gasteiger charge is -2.33. The summed E-state index contributed by atoms with van der Waals surface area (Å²) in [5, 5.41) is 0. The molecule has 1 aliphatic heterocycles. The van der Waals surface area contributed by atoms with Crippen molar-refractivity contribution >= 4 is 21.9 Å². The average molecular weight is 327 g/mol. The van der Waals surface area contributed by atoms with Gasteiger partial charge in [-0.15, -0.1) is 0 Å². The average Bonchev–Trinajstić information content (AvgIpc) is 2.45. The SMILES string of the molecule is Cc1nc(N(C)C)ncc1C(=O)N1CCN(S(C)(=O)=O)CC1. The van der Waals surface area contributed by atoms with E-state index in [4.69, 9.17) is 0 Å². The van der Waals surface area contributed by atoms with Crippen LogP contribution in [0.3, 0.4) is 0 Å². The van der Waals surface area contributed by atoms with Crippen LogP contribution in [0, 0.1) is 6.92 Å². The summed E-state index contributed by atoms with van der Waals surface area (Å²) in [7, 11) is 0.470. The minimum absolute atomic E-state index is 0.157. The number of piperazine rings is 1. The van der Waals surface area contributed by atoms with E-state index in [1.165, 1.54) is 16.8 Å². The third-order valence-electron chi connectivity index (χ3n) is 3.59. The summed E-state index contributed by atoms with van der Waals surface area (Å²) >= 11 is 0. The van der Waals surface area contributed by atoms with Crippen LogP contribution in [-0.4, -0.2) is 80.0 Å². The van der Waals surface area contributed by atoms with Crippen LogP contribution in [-0.2, 0) is 10.0 Å². The number of hydrogen-bond acceptors (Lipinski definition) is 6. The molecule has 22 heavy (non-hydrogen) atoms. The third-order valence-corrected chi connectivity index (χ3v) is 4.90. The molecule has 122 valence electrons.